The predicted molar refractivity (Wildman–Crippen MR) is 135 cm³/mol. The topological polar surface area (TPSA) is 35.5 Å². The second-order valence-electron chi connectivity index (χ2n) is 15.9. The molecule has 0 aromatic heterocycles. The van der Waals surface area contributed by atoms with Crippen molar-refractivity contribution in [3.63, 3.8) is 0 Å². The van der Waals surface area contributed by atoms with Gasteiger partial charge in [-0.25, -0.2) is 0 Å². The maximum absolute atomic E-state index is 11.3. The lowest BCUT2D eigenvalue weighted by molar-refractivity contribution is -0.253. The van der Waals surface area contributed by atoms with Crippen LogP contribution in [0, 0.1) is 56.2 Å². The van der Waals surface area contributed by atoms with E-state index in [1.807, 2.05) is 0 Å². The van der Waals surface area contributed by atoms with Gasteiger partial charge in [-0.2, -0.15) is 0 Å². The number of carbonyl (C=O) groups is 1. The fourth-order valence-corrected chi connectivity index (χ4v) is 12.3. The molecule has 1 aliphatic heterocycles. The van der Waals surface area contributed by atoms with Crippen LogP contribution >= 0.6 is 0 Å². The first-order valence-corrected chi connectivity index (χ1v) is 14.6. The Kier molecular flexibility index (Phi) is 4.93. The predicted octanol–water partition coefficient (Wildman–Crippen LogP) is 7.42. The van der Waals surface area contributed by atoms with Gasteiger partial charge in [0.05, 0.1) is 12.7 Å². The second-order valence-corrected chi connectivity index (χ2v) is 15.9. The molecule has 0 spiro atoms. The highest BCUT2D eigenvalue weighted by Gasteiger charge is 2.72. The first-order chi connectivity index (χ1) is 15.9. The smallest absolute Gasteiger partial charge is 0.293 e. The number of rotatable bonds is 2. The van der Waals surface area contributed by atoms with Gasteiger partial charge in [0.2, 0.25) is 0 Å². The minimum atomic E-state index is 0.0595. The quantitative estimate of drug-likeness (QED) is 0.394. The van der Waals surface area contributed by atoms with Gasteiger partial charge in [-0.15, -0.1) is 0 Å². The number of ether oxygens (including phenoxy) is 2. The van der Waals surface area contributed by atoms with Crippen molar-refractivity contribution in [2.45, 2.75) is 125 Å². The largest absolute Gasteiger partial charge is 0.464 e. The summed E-state index contributed by atoms with van der Waals surface area (Å²) in [5, 5.41) is 0. The van der Waals surface area contributed by atoms with Gasteiger partial charge in [-0.1, -0.05) is 48.5 Å². The summed E-state index contributed by atoms with van der Waals surface area (Å²) in [6, 6.07) is 0. The number of carbonyl (C=O) groups excluding carboxylic acids is 1. The summed E-state index contributed by atoms with van der Waals surface area (Å²) >= 11 is 0. The molecule has 1 saturated heterocycles. The van der Waals surface area contributed by atoms with Crippen molar-refractivity contribution in [3.05, 3.63) is 0 Å². The Morgan fingerprint density at radius 2 is 1.50 bits per heavy atom. The highest BCUT2D eigenvalue weighted by molar-refractivity contribution is 5.38. The summed E-state index contributed by atoms with van der Waals surface area (Å²) < 4.78 is 12.4. The van der Waals surface area contributed by atoms with E-state index in [0.717, 1.165) is 30.8 Å². The molecule has 5 saturated carbocycles. The van der Waals surface area contributed by atoms with Crippen LogP contribution in [0.1, 0.15) is 113 Å². The summed E-state index contributed by atoms with van der Waals surface area (Å²) in [4.78, 5) is 11.3. The van der Waals surface area contributed by atoms with E-state index in [1.54, 1.807) is 0 Å². The SMILES string of the molecule is CC1(C)CC[C@]23CC[C@]4(C)[C@H](CC[C@@H]5[C@@]6(C)CC[C@H](OC=O)C(C)(C)[C@@H]6CC[C@]54C)C2[C@H]1OC3. The molecule has 10 atom stereocenters. The van der Waals surface area contributed by atoms with Gasteiger partial charge in [-0.3, -0.25) is 4.79 Å². The third kappa shape index (κ3) is 2.67. The summed E-state index contributed by atoms with van der Waals surface area (Å²) in [5.41, 5.74) is 2.02. The van der Waals surface area contributed by atoms with Crippen molar-refractivity contribution < 1.29 is 14.3 Å². The molecule has 0 amide bonds. The van der Waals surface area contributed by atoms with E-state index in [2.05, 4.69) is 48.5 Å². The molecule has 34 heavy (non-hydrogen) atoms. The highest BCUT2D eigenvalue weighted by atomic mass is 16.5. The zero-order valence-corrected chi connectivity index (χ0v) is 23.0. The Labute approximate surface area is 208 Å². The van der Waals surface area contributed by atoms with Gasteiger partial charge in [-0.05, 0) is 115 Å². The maximum atomic E-state index is 11.3. The van der Waals surface area contributed by atoms with Gasteiger partial charge >= 0.3 is 0 Å². The first kappa shape index (κ1) is 23.8. The molecule has 0 aromatic carbocycles. The molecule has 6 fully saturated rings. The van der Waals surface area contributed by atoms with Crippen LogP contribution < -0.4 is 0 Å². The molecule has 192 valence electrons. The zero-order valence-electron chi connectivity index (χ0n) is 23.0. The lowest BCUT2D eigenvalue weighted by Gasteiger charge is -2.73. The molecule has 5 aliphatic carbocycles. The molecule has 2 bridgehead atoms. The van der Waals surface area contributed by atoms with Gasteiger partial charge < -0.3 is 9.47 Å². The lowest BCUT2D eigenvalue weighted by Crippen LogP contribution is -2.67. The van der Waals surface area contributed by atoms with E-state index in [4.69, 9.17) is 9.47 Å². The summed E-state index contributed by atoms with van der Waals surface area (Å²) in [6.07, 6.45) is 13.7. The normalized spacial score (nSPS) is 56.9. The highest BCUT2D eigenvalue weighted by Crippen LogP contribution is 2.78. The maximum Gasteiger partial charge on any atom is 0.293 e. The van der Waals surface area contributed by atoms with Crippen molar-refractivity contribution in [2.24, 2.45) is 56.2 Å². The second kappa shape index (κ2) is 7.05. The lowest BCUT2D eigenvalue weighted by atomic mass is 9.31. The molecule has 0 N–H and O–H groups in total. The van der Waals surface area contributed by atoms with Crippen LogP contribution in [0.15, 0.2) is 0 Å². The van der Waals surface area contributed by atoms with Crippen LogP contribution in [-0.4, -0.2) is 25.3 Å². The molecular weight excluding hydrogens is 420 g/mol. The van der Waals surface area contributed by atoms with Crippen LogP contribution in [0.4, 0.5) is 0 Å². The minimum Gasteiger partial charge on any atom is -0.464 e. The van der Waals surface area contributed by atoms with Crippen molar-refractivity contribution in [3.8, 4) is 0 Å². The van der Waals surface area contributed by atoms with E-state index < -0.39 is 0 Å². The van der Waals surface area contributed by atoms with Crippen molar-refractivity contribution in [1.29, 1.82) is 0 Å². The van der Waals surface area contributed by atoms with Gasteiger partial charge in [0, 0.05) is 5.41 Å². The Bertz CT molecular complexity index is 863. The monoisotopic (exact) mass is 470 g/mol. The average Bonchev–Trinajstić information content (AvgIpc) is 3.10. The Balaban J connectivity index is 1.36. The standard InChI is InChI=1S/C31H50O3/c1-26(2)14-16-31-17-15-29(6)20(24(31)25(26)33-18-31)8-9-22-28(5)12-11-23(34-19-32)27(3,4)21(28)10-13-30(22,29)7/h19-25H,8-18H2,1-7H3/t20-,21+,22-,23+,24?,25-,28+,29-,30-,31-/m1/s1. The molecule has 0 radical (unpaired) electrons. The van der Waals surface area contributed by atoms with E-state index in [1.165, 1.54) is 57.8 Å². The van der Waals surface area contributed by atoms with Crippen LogP contribution in [-0.2, 0) is 14.3 Å². The van der Waals surface area contributed by atoms with E-state index in [-0.39, 0.29) is 11.5 Å². The van der Waals surface area contributed by atoms with Crippen molar-refractivity contribution >= 4 is 6.47 Å². The third-order valence-corrected chi connectivity index (χ3v) is 14.3. The zero-order chi connectivity index (χ0) is 24.4. The van der Waals surface area contributed by atoms with Crippen LogP contribution in [0.5, 0.6) is 0 Å². The first-order valence-electron chi connectivity index (χ1n) is 14.6. The number of hydrogen-bond acceptors (Lipinski definition) is 3. The fraction of sp³-hybridized carbons (Fsp3) is 0.968. The summed E-state index contributed by atoms with van der Waals surface area (Å²) in [5.74, 6) is 3.00. The average molecular weight is 471 g/mol. The van der Waals surface area contributed by atoms with E-state index in [9.17, 15) is 4.79 Å². The summed E-state index contributed by atoms with van der Waals surface area (Å²) in [6.45, 7) is 19.6. The minimum absolute atomic E-state index is 0.0595. The fourth-order valence-electron chi connectivity index (χ4n) is 12.3. The molecule has 0 aromatic rings. The molecular formula is C31H50O3. The van der Waals surface area contributed by atoms with E-state index in [0.29, 0.717) is 45.6 Å². The number of fused-ring (bicyclic) bond motifs is 5. The molecule has 3 heteroatoms. The van der Waals surface area contributed by atoms with Gasteiger partial charge in [0.1, 0.15) is 6.10 Å². The summed E-state index contributed by atoms with van der Waals surface area (Å²) in [7, 11) is 0. The molecule has 1 unspecified atom stereocenters. The van der Waals surface area contributed by atoms with Crippen LogP contribution in [0.3, 0.4) is 0 Å². The van der Waals surface area contributed by atoms with E-state index >= 15 is 0 Å². The van der Waals surface area contributed by atoms with Crippen LogP contribution in [0.2, 0.25) is 0 Å². The van der Waals surface area contributed by atoms with Gasteiger partial charge in [0.25, 0.3) is 6.47 Å². The Morgan fingerprint density at radius 1 is 0.765 bits per heavy atom. The Hall–Kier alpha value is -0.570. The molecule has 1 heterocycles. The number of hydrogen-bond donors (Lipinski definition) is 0. The van der Waals surface area contributed by atoms with Crippen LogP contribution in [0.25, 0.3) is 0 Å². The molecule has 3 nitrogen and oxygen atoms in total. The van der Waals surface area contributed by atoms with Gasteiger partial charge in [0.15, 0.2) is 0 Å². The van der Waals surface area contributed by atoms with Crippen molar-refractivity contribution in [1.82, 2.24) is 0 Å². The van der Waals surface area contributed by atoms with Crippen molar-refractivity contribution in [2.75, 3.05) is 6.61 Å². The third-order valence-electron chi connectivity index (χ3n) is 14.3. The molecule has 6 aliphatic rings. The Morgan fingerprint density at radius 3 is 2.24 bits per heavy atom. The molecule has 6 rings (SSSR count).